The molecule has 0 aliphatic heterocycles. The summed E-state index contributed by atoms with van der Waals surface area (Å²) in [5.74, 6) is 0.664. The molecule has 15 heavy (non-hydrogen) atoms. The average Bonchev–Trinajstić information content (AvgIpc) is 2.66. The van der Waals surface area contributed by atoms with E-state index in [-0.39, 0.29) is 0 Å². The van der Waals surface area contributed by atoms with Crippen LogP contribution in [-0.4, -0.2) is 12.2 Å². The summed E-state index contributed by atoms with van der Waals surface area (Å²) >= 11 is 3.40. The van der Waals surface area contributed by atoms with Crippen molar-refractivity contribution in [1.82, 2.24) is 0 Å². The minimum atomic E-state index is -0.574. The molecule has 1 unspecified atom stereocenters. The molecule has 0 saturated carbocycles. The van der Waals surface area contributed by atoms with E-state index in [0.717, 1.165) is 21.0 Å². The van der Waals surface area contributed by atoms with E-state index in [9.17, 15) is 5.11 Å². The molecule has 2 rings (SSSR count). The standard InChI is InChI=1S/C11H11BrO3/c1-6(13)8-5-9(12)11-7(3-4-15-11)10(8)14-2/h3-6,13H,1-2H3. The van der Waals surface area contributed by atoms with Crippen LogP contribution >= 0.6 is 15.9 Å². The van der Waals surface area contributed by atoms with Crippen LogP contribution < -0.4 is 4.74 Å². The molecular weight excluding hydrogens is 260 g/mol. The highest BCUT2D eigenvalue weighted by Gasteiger charge is 2.16. The van der Waals surface area contributed by atoms with Crippen molar-refractivity contribution in [3.05, 3.63) is 28.4 Å². The van der Waals surface area contributed by atoms with Gasteiger partial charge in [-0.3, -0.25) is 0 Å². The lowest BCUT2D eigenvalue weighted by atomic mass is 10.1. The van der Waals surface area contributed by atoms with Crippen molar-refractivity contribution < 1.29 is 14.3 Å². The van der Waals surface area contributed by atoms with Crippen LogP contribution in [0.25, 0.3) is 11.0 Å². The summed E-state index contributed by atoms with van der Waals surface area (Å²) in [6, 6.07) is 3.64. The van der Waals surface area contributed by atoms with Crippen molar-refractivity contribution in [3.63, 3.8) is 0 Å². The topological polar surface area (TPSA) is 42.6 Å². The number of aliphatic hydroxyl groups excluding tert-OH is 1. The van der Waals surface area contributed by atoms with Crippen LogP contribution in [0.2, 0.25) is 0 Å². The van der Waals surface area contributed by atoms with Crippen molar-refractivity contribution in [3.8, 4) is 5.75 Å². The molecule has 0 bridgehead atoms. The molecule has 4 heteroatoms. The largest absolute Gasteiger partial charge is 0.496 e. The molecule has 1 heterocycles. The van der Waals surface area contributed by atoms with Crippen LogP contribution in [0.3, 0.4) is 0 Å². The van der Waals surface area contributed by atoms with Gasteiger partial charge in [0.05, 0.1) is 29.3 Å². The van der Waals surface area contributed by atoms with E-state index >= 15 is 0 Å². The molecule has 0 radical (unpaired) electrons. The fourth-order valence-corrected chi connectivity index (χ4v) is 2.19. The van der Waals surface area contributed by atoms with Gasteiger partial charge in [-0.25, -0.2) is 0 Å². The van der Waals surface area contributed by atoms with E-state index in [1.54, 1.807) is 20.3 Å². The second-order valence-electron chi connectivity index (χ2n) is 3.32. The molecule has 80 valence electrons. The molecule has 1 aromatic carbocycles. The zero-order valence-electron chi connectivity index (χ0n) is 8.45. The maximum atomic E-state index is 9.63. The summed E-state index contributed by atoms with van der Waals surface area (Å²) in [5, 5.41) is 10.5. The summed E-state index contributed by atoms with van der Waals surface area (Å²) in [6.07, 6.45) is 1.03. The van der Waals surface area contributed by atoms with Gasteiger partial charge in [0.1, 0.15) is 5.75 Å². The van der Waals surface area contributed by atoms with E-state index < -0.39 is 6.10 Å². The predicted octanol–water partition coefficient (Wildman–Crippen LogP) is 3.26. The van der Waals surface area contributed by atoms with Crippen molar-refractivity contribution >= 4 is 26.9 Å². The van der Waals surface area contributed by atoms with Crippen molar-refractivity contribution in [2.45, 2.75) is 13.0 Å². The molecule has 1 aromatic heterocycles. The van der Waals surface area contributed by atoms with E-state index in [0.29, 0.717) is 5.75 Å². The van der Waals surface area contributed by atoms with E-state index in [1.807, 2.05) is 12.1 Å². The number of ether oxygens (including phenoxy) is 1. The van der Waals surface area contributed by atoms with Crippen molar-refractivity contribution in [2.75, 3.05) is 7.11 Å². The van der Waals surface area contributed by atoms with Gasteiger partial charge >= 0.3 is 0 Å². The molecular formula is C11H11BrO3. The summed E-state index contributed by atoms with van der Waals surface area (Å²) in [5.41, 5.74) is 1.48. The van der Waals surface area contributed by atoms with Gasteiger partial charge in [0.2, 0.25) is 0 Å². The van der Waals surface area contributed by atoms with E-state index in [4.69, 9.17) is 9.15 Å². The number of rotatable bonds is 2. The van der Waals surface area contributed by atoms with Gasteiger partial charge in [-0.05, 0) is 35.0 Å². The van der Waals surface area contributed by atoms with Gasteiger partial charge in [-0.1, -0.05) is 0 Å². The Balaban J connectivity index is 2.81. The normalized spacial score (nSPS) is 13.1. The van der Waals surface area contributed by atoms with Gasteiger partial charge in [0.25, 0.3) is 0 Å². The summed E-state index contributed by atoms with van der Waals surface area (Å²) in [4.78, 5) is 0. The molecule has 0 aliphatic rings. The number of furan rings is 1. The van der Waals surface area contributed by atoms with Crippen molar-refractivity contribution in [1.29, 1.82) is 0 Å². The van der Waals surface area contributed by atoms with Crippen LogP contribution in [-0.2, 0) is 0 Å². The number of halogens is 1. The molecule has 0 aliphatic carbocycles. The number of aliphatic hydroxyl groups is 1. The Morgan fingerprint density at radius 2 is 2.27 bits per heavy atom. The zero-order chi connectivity index (χ0) is 11.0. The fourth-order valence-electron chi connectivity index (χ4n) is 1.63. The minimum absolute atomic E-state index is 0.574. The molecule has 1 atom stereocenters. The first-order valence-electron chi connectivity index (χ1n) is 4.56. The Hall–Kier alpha value is -1.00. The Labute approximate surface area is 95.8 Å². The highest BCUT2D eigenvalue weighted by atomic mass is 79.9. The first kappa shape index (κ1) is 10.5. The quantitative estimate of drug-likeness (QED) is 0.911. The Morgan fingerprint density at radius 1 is 1.53 bits per heavy atom. The van der Waals surface area contributed by atoms with Crippen LogP contribution in [0.1, 0.15) is 18.6 Å². The molecule has 0 saturated heterocycles. The van der Waals surface area contributed by atoms with Crippen molar-refractivity contribution in [2.24, 2.45) is 0 Å². The minimum Gasteiger partial charge on any atom is -0.496 e. The van der Waals surface area contributed by atoms with Gasteiger partial charge in [-0.2, -0.15) is 0 Å². The first-order valence-corrected chi connectivity index (χ1v) is 5.36. The lowest BCUT2D eigenvalue weighted by molar-refractivity contribution is 0.194. The van der Waals surface area contributed by atoms with Crippen LogP contribution in [0.5, 0.6) is 5.75 Å². The number of hydrogen-bond donors (Lipinski definition) is 1. The summed E-state index contributed by atoms with van der Waals surface area (Å²) in [6.45, 7) is 1.70. The van der Waals surface area contributed by atoms with Crippen LogP contribution in [0.15, 0.2) is 27.3 Å². The second kappa shape index (κ2) is 3.87. The number of methoxy groups -OCH3 is 1. The Bertz CT molecular complexity index is 488. The maximum Gasteiger partial charge on any atom is 0.151 e. The Kier molecular flexibility index (Phi) is 2.71. The van der Waals surface area contributed by atoms with E-state index in [1.165, 1.54) is 0 Å². The van der Waals surface area contributed by atoms with Gasteiger partial charge < -0.3 is 14.3 Å². The van der Waals surface area contributed by atoms with Gasteiger partial charge in [-0.15, -0.1) is 0 Å². The third-order valence-electron chi connectivity index (χ3n) is 2.33. The average molecular weight is 271 g/mol. The number of benzene rings is 1. The highest BCUT2D eigenvalue weighted by molar-refractivity contribution is 9.10. The third kappa shape index (κ3) is 1.64. The molecule has 0 fully saturated rings. The maximum absolute atomic E-state index is 9.63. The lowest BCUT2D eigenvalue weighted by Gasteiger charge is -2.12. The van der Waals surface area contributed by atoms with Gasteiger partial charge in [0, 0.05) is 5.56 Å². The molecule has 1 N–H and O–H groups in total. The summed E-state index contributed by atoms with van der Waals surface area (Å²) < 4.78 is 11.4. The monoisotopic (exact) mass is 270 g/mol. The van der Waals surface area contributed by atoms with Gasteiger partial charge in [0.15, 0.2) is 5.58 Å². The Morgan fingerprint density at radius 3 is 2.87 bits per heavy atom. The fraction of sp³-hybridized carbons (Fsp3) is 0.273. The molecule has 0 amide bonds. The summed E-state index contributed by atoms with van der Waals surface area (Å²) in [7, 11) is 1.58. The van der Waals surface area contributed by atoms with Crippen LogP contribution in [0, 0.1) is 0 Å². The number of hydrogen-bond acceptors (Lipinski definition) is 3. The highest BCUT2D eigenvalue weighted by Crippen LogP contribution is 2.38. The van der Waals surface area contributed by atoms with E-state index in [2.05, 4.69) is 15.9 Å². The lowest BCUT2D eigenvalue weighted by Crippen LogP contribution is -1.97. The molecule has 0 spiro atoms. The first-order chi connectivity index (χ1) is 7.15. The second-order valence-corrected chi connectivity index (χ2v) is 4.17. The third-order valence-corrected chi connectivity index (χ3v) is 2.91. The van der Waals surface area contributed by atoms with Crippen LogP contribution in [0.4, 0.5) is 0 Å². The number of fused-ring (bicyclic) bond motifs is 1. The predicted molar refractivity (Wildman–Crippen MR) is 61.1 cm³/mol. The smallest absolute Gasteiger partial charge is 0.151 e. The SMILES string of the molecule is COc1c(C(C)O)cc(Br)c2occc12. The zero-order valence-corrected chi connectivity index (χ0v) is 10.0. The molecule has 3 nitrogen and oxygen atoms in total. The molecule has 2 aromatic rings.